The van der Waals surface area contributed by atoms with E-state index in [4.69, 9.17) is 0 Å². The van der Waals surface area contributed by atoms with Crippen LogP contribution < -0.4 is 5.32 Å². The molecule has 1 aromatic carbocycles. The number of piperidine rings is 1. The number of hydrogen-bond donors (Lipinski definition) is 1. The molecule has 3 unspecified atom stereocenters. The van der Waals surface area contributed by atoms with E-state index in [9.17, 15) is 24.5 Å². The fourth-order valence-corrected chi connectivity index (χ4v) is 4.08. The van der Waals surface area contributed by atoms with Crippen molar-refractivity contribution in [3.8, 4) is 0 Å². The predicted octanol–water partition coefficient (Wildman–Crippen LogP) is 2.15. The molecule has 9 heteroatoms. The summed E-state index contributed by atoms with van der Waals surface area (Å²) in [7, 11) is 0. The first kappa shape index (κ1) is 19.8. The highest BCUT2D eigenvalue weighted by Crippen LogP contribution is 2.30. The number of likely N-dealkylation sites (tertiary alicyclic amines) is 1. The molecule has 0 bridgehead atoms. The van der Waals surface area contributed by atoms with Gasteiger partial charge in [0.25, 0.3) is 11.6 Å². The van der Waals surface area contributed by atoms with Crippen LogP contribution in [0.15, 0.2) is 24.3 Å². The lowest BCUT2D eigenvalue weighted by molar-refractivity contribution is -0.384. The third kappa shape index (κ3) is 3.32. The molecule has 0 saturated carbocycles. The van der Waals surface area contributed by atoms with Gasteiger partial charge in [-0.3, -0.25) is 24.6 Å². The average Bonchev–Trinajstić information content (AvgIpc) is 2.86. The highest BCUT2D eigenvalue weighted by molar-refractivity contribution is 6.09. The minimum absolute atomic E-state index is 0.0677. The largest absolute Gasteiger partial charge is 0.336 e. The van der Waals surface area contributed by atoms with E-state index in [2.05, 4.69) is 5.32 Å². The van der Waals surface area contributed by atoms with E-state index in [0.717, 1.165) is 24.2 Å². The number of imide groups is 1. The van der Waals surface area contributed by atoms with Crippen LogP contribution in [0.5, 0.6) is 0 Å². The molecule has 2 saturated heterocycles. The second kappa shape index (κ2) is 7.21. The maximum Gasteiger partial charge on any atom is 0.325 e. The molecule has 2 heterocycles. The van der Waals surface area contributed by atoms with Crippen LogP contribution in [0, 0.1) is 10.1 Å². The summed E-state index contributed by atoms with van der Waals surface area (Å²) in [5.74, 6) is -0.798. The molecule has 2 aliphatic rings. The Bertz CT molecular complexity index is 814. The van der Waals surface area contributed by atoms with Gasteiger partial charge in [0.1, 0.15) is 12.1 Å². The normalized spacial score (nSPS) is 27.7. The van der Waals surface area contributed by atoms with E-state index in [0.29, 0.717) is 5.56 Å². The zero-order valence-corrected chi connectivity index (χ0v) is 16.2. The molecule has 0 radical (unpaired) electrons. The van der Waals surface area contributed by atoms with Crippen LogP contribution in [0.4, 0.5) is 10.5 Å². The van der Waals surface area contributed by atoms with E-state index in [1.165, 1.54) is 31.2 Å². The number of carbonyl (C=O) groups excluding carboxylic acids is 3. The van der Waals surface area contributed by atoms with Crippen molar-refractivity contribution < 1.29 is 19.3 Å². The van der Waals surface area contributed by atoms with Crippen LogP contribution in [-0.2, 0) is 15.1 Å². The third-order valence-corrected chi connectivity index (χ3v) is 5.71. The SMILES string of the molecule is CC1CCCC(C)N1C(=O)CN1C(=O)NC(C)(c2ccc([N+](=O)[O-])cc2)C1=O. The second-order valence-electron chi connectivity index (χ2n) is 7.68. The molecule has 3 atom stereocenters. The Balaban J connectivity index is 1.79. The maximum absolute atomic E-state index is 13.0. The Labute approximate surface area is 162 Å². The van der Waals surface area contributed by atoms with Gasteiger partial charge in [-0.1, -0.05) is 0 Å². The topological polar surface area (TPSA) is 113 Å². The van der Waals surface area contributed by atoms with Crippen LogP contribution in [-0.4, -0.2) is 51.2 Å². The van der Waals surface area contributed by atoms with Gasteiger partial charge >= 0.3 is 6.03 Å². The first-order chi connectivity index (χ1) is 13.1. The highest BCUT2D eigenvalue weighted by Gasteiger charge is 2.50. The van der Waals surface area contributed by atoms with Crippen molar-refractivity contribution >= 4 is 23.5 Å². The van der Waals surface area contributed by atoms with Crippen molar-refractivity contribution in [1.82, 2.24) is 15.1 Å². The number of benzene rings is 1. The van der Waals surface area contributed by atoms with Crippen molar-refractivity contribution in [2.45, 2.75) is 57.7 Å². The van der Waals surface area contributed by atoms with E-state index < -0.39 is 22.4 Å². The summed E-state index contributed by atoms with van der Waals surface area (Å²) in [5, 5.41) is 13.4. The van der Waals surface area contributed by atoms with Gasteiger partial charge in [0, 0.05) is 24.2 Å². The quantitative estimate of drug-likeness (QED) is 0.482. The van der Waals surface area contributed by atoms with Gasteiger partial charge in [-0.2, -0.15) is 0 Å². The maximum atomic E-state index is 13.0. The first-order valence-corrected chi connectivity index (χ1v) is 9.35. The molecular weight excluding hydrogens is 364 g/mol. The Hall–Kier alpha value is -2.97. The minimum Gasteiger partial charge on any atom is -0.336 e. The van der Waals surface area contributed by atoms with Crippen molar-refractivity contribution in [3.63, 3.8) is 0 Å². The Kier molecular flexibility index (Phi) is 5.10. The lowest BCUT2D eigenvalue weighted by Crippen LogP contribution is -2.52. The number of nitro groups is 1. The number of carbonyl (C=O) groups is 3. The number of rotatable bonds is 4. The summed E-state index contributed by atoms with van der Waals surface area (Å²) in [6.07, 6.45) is 2.85. The van der Waals surface area contributed by atoms with Crippen molar-refractivity contribution in [1.29, 1.82) is 0 Å². The molecule has 0 spiro atoms. The molecule has 28 heavy (non-hydrogen) atoms. The average molecular weight is 388 g/mol. The molecule has 0 aromatic heterocycles. The zero-order chi connectivity index (χ0) is 20.6. The summed E-state index contributed by atoms with van der Waals surface area (Å²) >= 11 is 0. The van der Waals surface area contributed by atoms with Gasteiger partial charge in [0.2, 0.25) is 5.91 Å². The first-order valence-electron chi connectivity index (χ1n) is 9.35. The fourth-order valence-electron chi connectivity index (χ4n) is 4.08. The predicted molar refractivity (Wildman–Crippen MR) is 100 cm³/mol. The standard InChI is InChI=1S/C19H24N4O5/c1-12-5-4-6-13(2)22(12)16(24)11-21-17(25)19(3,20-18(21)26)14-7-9-15(10-8-14)23(27)28/h7-10,12-13H,4-6,11H2,1-3H3,(H,20,26). The number of urea groups is 1. The third-order valence-electron chi connectivity index (χ3n) is 5.71. The molecule has 1 aromatic rings. The number of nitro benzene ring substituents is 1. The highest BCUT2D eigenvalue weighted by atomic mass is 16.6. The molecule has 150 valence electrons. The van der Waals surface area contributed by atoms with E-state index in [-0.39, 0.29) is 30.2 Å². The smallest absolute Gasteiger partial charge is 0.325 e. The van der Waals surface area contributed by atoms with Gasteiger partial charge in [0.05, 0.1) is 4.92 Å². The van der Waals surface area contributed by atoms with E-state index in [1.807, 2.05) is 13.8 Å². The molecule has 4 amide bonds. The minimum atomic E-state index is -1.37. The lowest BCUT2D eigenvalue weighted by atomic mass is 9.92. The number of nitrogens with one attached hydrogen (secondary N) is 1. The summed E-state index contributed by atoms with van der Waals surface area (Å²) < 4.78 is 0. The van der Waals surface area contributed by atoms with Crippen molar-refractivity contribution in [3.05, 3.63) is 39.9 Å². The van der Waals surface area contributed by atoms with Crippen LogP contribution in [0.1, 0.15) is 45.6 Å². The summed E-state index contributed by atoms with van der Waals surface area (Å²) in [6, 6.07) is 4.94. The Morgan fingerprint density at radius 1 is 1.21 bits per heavy atom. The monoisotopic (exact) mass is 388 g/mol. The molecule has 3 rings (SSSR count). The van der Waals surface area contributed by atoms with Crippen molar-refractivity contribution in [2.24, 2.45) is 0 Å². The second-order valence-corrected chi connectivity index (χ2v) is 7.68. The molecule has 0 aliphatic carbocycles. The summed E-state index contributed by atoms with van der Waals surface area (Å²) in [5.41, 5.74) is -1.05. The molecule has 9 nitrogen and oxygen atoms in total. The fraction of sp³-hybridized carbons (Fsp3) is 0.526. The lowest BCUT2D eigenvalue weighted by Gasteiger charge is -2.39. The van der Waals surface area contributed by atoms with Gasteiger partial charge in [0.15, 0.2) is 0 Å². The number of non-ortho nitro benzene ring substituents is 1. The summed E-state index contributed by atoms with van der Waals surface area (Å²) in [6.45, 7) is 5.16. The number of hydrogen-bond acceptors (Lipinski definition) is 5. The van der Waals surface area contributed by atoms with Crippen LogP contribution >= 0.6 is 0 Å². The summed E-state index contributed by atoms with van der Waals surface area (Å²) in [4.78, 5) is 51.2. The zero-order valence-electron chi connectivity index (χ0n) is 16.2. The van der Waals surface area contributed by atoms with Crippen molar-refractivity contribution in [2.75, 3.05) is 6.54 Å². The Morgan fingerprint density at radius 2 is 1.79 bits per heavy atom. The molecule has 2 aliphatic heterocycles. The van der Waals surface area contributed by atoms with Gasteiger partial charge in [-0.25, -0.2) is 4.79 Å². The number of nitrogens with zero attached hydrogens (tertiary/aromatic N) is 3. The number of amides is 4. The van der Waals surface area contributed by atoms with E-state index in [1.54, 1.807) is 4.90 Å². The van der Waals surface area contributed by atoms with Gasteiger partial charge in [-0.05, 0) is 57.7 Å². The van der Waals surface area contributed by atoms with Crippen LogP contribution in [0.25, 0.3) is 0 Å². The van der Waals surface area contributed by atoms with Gasteiger partial charge < -0.3 is 10.2 Å². The van der Waals surface area contributed by atoms with Crippen LogP contribution in [0.2, 0.25) is 0 Å². The Morgan fingerprint density at radius 3 is 2.32 bits per heavy atom. The van der Waals surface area contributed by atoms with Gasteiger partial charge in [-0.15, -0.1) is 0 Å². The van der Waals surface area contributed by atoms with E-state index >= 15 is 0 Å². The molecular formula is C19H24N4O5. The molecule has 1 N–H and O–H groups in total. The van der Waals surface area contributed by atoms with Crippen LogP contribution in [0.3, 0.4) is 0 Å². The molecule has 2 fully saturated rings.